The van der Waals surface area contributed by atoms with Crippen molar-refractivity contribution < 1.29 is 19.4 Å². The minimum atomic E-state index is -1.16. The number of hydrogen-bond donors (Lipinski definition) is 2. The number of carbonyl (C=O) groups excluding carboxylic acids is 1. The monoisotopic (exact) mass is 518 g/mol. The average molecular weight is 519 g/mol. The Labute approximate surface area is 222 Å². The lowest BCUT2D eigenvalue weighted by atomic mass is 9.98. The number of fused-ring (bicyclic) bond motifs is 3. The molecule has 0 spiro atoms. The largest absolute Gasteiger partial charge is 0.480 e. The van der Waals surface area contributed by atoms with Crippen molar-refractivity contribution in [1.82, 2.24) is 5.32 Å². The molecule has 2 aliphatic rings. The fourth-order valence-corrected chi connectivity index (χ4v) is 5.81. The van der Waals surface area contributed by atoms with Crippen LogP contribution in [0, 0.1) is 6.92 Å². The highest BCUT2D eigenvalue weighted by Crippen LogP contribution is 2.44. The highest BCUT2D eigenvalue weighted by atomic mass is 35.5. The molecule has 1 aliphatic carbocycles. The van der Waals surface area contributed by atoms with E-state index in [2.05, 4.69) is 22.3 Å². The van der Waals surface area contributed by atoms with Crippen molar-refractivity contribution in [2.45, 2.75) is 44.6 Å². The Balaban J connectivity index is 1.25. The van der Waals surface area contributed by atoms with Crippen molar-refractivity contribution in [3.63, 3.8) is 0 Å². The molecule has 7 heteroatoms. The van der Waals surface area contributed by atoms with Gasteiger partial charge in [0, 0.05) is 36.1 Å². The first-order valence-corrected chi connectivity index (χ1v) is 13.2. The molecule has 3 aromatic rings. The first-order valence-electron chi connectivity index (χ1n) is 12.8. The molecule has 0 saturated carbocycles. The maximum absolute atomic E-state index is 12.7. The molecule has 1 saturated heterocycles. The Morgan fingerprint density at radius 3 is 2.24 bits per heavy atom. The summed E-state index contributed by atoms with van der Waals surface area (Å²) in [5.74, 6) is -1.23. The number of ether oxygens (including phenoxy) is 1. The Morgan fingerprint density at radius 1 is 1.00 bits per heavy atom. The van der Waals surface area contributed by atoms with E-state index < -0.39 is 18.1 Å². The van der Waals surface area contributed by atoms with E-state index in [0.29, 0.717) is 10.6 Å². The Morgan fingerprint density at radius 2 is 1.62 bits per heavy atom. The van der Waals surface area contributed by atoms with Crippen molar-refractivity contribution in [2.24, 2.45) is 0 Å². The molecule has 37 heavy (non-hydrogen) atoms. The van der Waals surface area contributed by atoms with E-state index in [1.165, 1.54) is 6.42 Å². The highest BCUT2D eigenvalue weighted by Gasteiger charge is 2.30. The molecule has 1 amide bonds. The number of anilines is 1. The summed E-state index contributed by atoms with van der Waals surface area (Å²) in [4.78, 5) is 27.1. The maximum atomic E-state index is 12.7. The van der Waals surface area contributed by atoms with Crippen LogP contribution in [0.4, 0.5) is 10.5 Å². The molecule has 1 fully saturated rings. The summed E-state index contributed by atoms with van der Waals surface area (Å²) in [6.45, 7) is 4.08. The van der Waals surface area contributed by atoms with E-state index in [-0.39, 0.29) is 18.9 Å². The second-order valence-corrected chi connectivity index (χ2v) is 10.2. The van der Waals surface area contributed by atoms with Crippen LogP contribution in [-0.4, -0.2) is 42.9 Å². The Kier molecular flexibility index (Phi) is 7.38. The molecule has 0 bridgehead atoms. The molecule has 2 N–H and O–H groups in total. The van der Waals surface area contributed by atoms with Crippen molar-refractivity contribution in [3.8, 4) is 11.1 Å². The number of benzene rings is 3. The number of carboxylic acids is 1. The molecule has 0 radical (unpaired) electrons. The lowest BCUT2D eigenvalue weighted by Gasteiger charge is -2.31. The molecular formula is C30H31ClN2O4. The first kappa shape index (κ1) is 25.2. The van der Waals surface area contributed by atoms with Gasteiger partial charge in [0.2, 0.25) is 0 Å². The molecule has 6 nitrogen and oxygen atoms in total. The summed E-state index contributed by atoms with van der Waals surface area (Å²) >= 11 is 6.68. The van der Waals surface area contributed by atoms with Gasteiger partial charge in [0.15, 0.2) is 0 Å². The average Bonchev–Trinajstić information content (AvgIpc) is 3.24. The van der Waals surface area contributed by atoms with Gasteiger partial charge in [-0.3, -0.25) is 0 Å². The number of hydrogen-bond acceptors (Lipinski definition) is 4. The number of rotatable bonds is 7. The predicted molar refractivity (Wildman–Crippen MR) is 146 cm³/mol. The fraction of sp³-hybridized carbons (Fsp3) is 0.333. The molecule has 1 aliphatic heterocycles. The van der Waals surface area contributed by atoms with Crippen molar-refractivity contribution in [2.75, 3.05) is 24.6 Å². The Hall–Kier alpha value is -3.51. The van der Waals surface area contributed by atoms with Gasteiger partial charge in [-0.2, -0.15) is 0 Å². The zero-order valence-corrected chi connectivity index (χ0v) is 21.6. The number of nitrogens with one attached hydrogen (secondary N) is 1. The van der Waals surface area contributed by atoms with Crippen molar-refractivity contribution in [3.05, 3.63) is 87.9 Å². The molecule has 1 atom stereocenters. The third-order valence-corrected chi connectivity index (χ3v) is 8.02. The number of halogens is 1. The van der Waals surface area contributed by atoms with E-state index in [9.17, 15) is 14.7 Å². The van der Waals surface area contributed by atoms with Crippen LogP contribution in [0.2, 0.25) is 5.02 Å². The second kappa shape index (κ2) is 10.9. The molecule has 0 aromatic heterocycles. The second-order valence-electron chi connectivity index (χ2n) is 9.80. The standard InChI is InChI=1S/C30H31ClN2O4/c1-19-27(33-15-7-2-8-16-33)14-13-20(28(19)31)17-26(29(34)35)32-30(36)37-18-25-23-11-5-3-9-21(23)22-10-4-6-12-24(22)25/h3-6,9-14,25-26H,2,7-8,15-18H2,1H3,(H,32,36)(H,34,35). The van der Waals surface area contributed by atoms with Crippen LogP contribution in [0.3, 0.4) is 0 Å². The van der Waals surface area contributed by atoms with E-state index in [0.717, 1.165) is 59.4 Å². The number of nitrogens with zero attached hydrogens (tertiary/aromatic N) is 1. The van der Waals surface area contributed by atoms with Crippen molar-refractivity contribution >= 4 is 29.4 Å². The summed E-state index contributed by atoms with van der Waals surface area (Å²) in [5.41, 5.74) is 7.18. The zero-order chi connectivity index (χ0) is 25.9. The lowest BCUT2D eigenvalue weighted by Crippen LogP contribution is -2.43. The highest BCUT2D eigenvalue weighted by molar-refractivity contribution is 6.32. The number of aliphatic carboxylic acids is 1. The van der Waals surface area contributed by atoms with Crippen LogP contribution < -0.4 is 10.2 Å². The number of piperidine rings is 1. The predicted octanol–water partition coefficient (Wildman–Crippen LogP) is 6.17. The summed E-state index contributed by atoms with van der Waals surface area (Å²) in [6.07, 6.45) is 2.86. The van der Waals surface area contributed by atoms with Crippen LogP contribution in [0.15, 0.2) is 60.7 Å². The molecule has 3 aromatic carbocycles. The quantitative estimate of drug-likeness (QED) is 0.391. The van der Waals surface area contributed by atoms with E-state index >= 15 is 0 Å². The summed E-state index contributed by atoms with van der Waals surface area (Å²) in [5, 5.41) is 12.9. The topological polar surface area (TPSA) is 78.9 Å². The maximum Gasteiger partial charge on any atom is 0.407 e. The molecule has 1 heterocycles. The van der Waals surface area contributed by atoms with Crippen LogP contribution in [0.5, 0.6) is 0 Å². The van der Waals surface area contributed by atoms with Crippen LogP contribution in [-0.2, 0) is 16.0 Å². The minimum absolute atomic E-state index is 0.0689. The van der Waals surface area contributed by atoms with Gasteiger partial charge in [-0.1, -0.05) is 66.2 Å². The van der Waals surface area contributed by atoms with E-state index in [1.807, 2.05) is 55.5 Å². The van der Waals surface area contributed by atoms with Gasteiger partial charge in [0.25, 0.3) is 0 Å². The summed E-state index contributed by atoms with van der Waals surface area (Å²) in [7, 11) is 0. The van der Waals surface area contributed by atoms with Crippen LogP contribution in [0.1, 0.15) is 47.4 Å². The van der Waals surface area contributed by atoms with Gasteiger partial charge >= 0.3 is 12.1 Å². The minimum Gasteiger partial charge on any atom is -0.480 e. The smallest absolute Gasteiger partial charge is 0.407 e. The van der Waals surface area contributed by atoms with Crippen LogP contribution >= 0.6 is 11.6 Å². The third kappa shape index (κ3) is 5.16. The first-order chi connectivity index (χ1) is 17.9. The van der Waals surface area contributed by atoms with Crippen LogP contribution in [0.25, 0.3) is 11.1 Å². The number of alkyl carbamates (subject to hydrolysis) is 1. The van der Waals surface area contributed by atoms with Gasteiger partial charge in [-0.15, -0.1) is 0 Å². The molecule has 5 rings (SSSR count). The van der Waals surface area contributed by atoms with Gasteiger partial charge in [0.1, 0.15) is 12.6 Å². The van der Waals surface area contributed by atoms with Gasteiger partial charge in [-0.05, 0) is 65.6 Å². The molecular weight excluding hydrogens is 488 g/mol. The van der Waals surface area contributed by atoms with E-state index in [4.69, 9.17) is 16.3 Å². The number of carbonyl (C=O) groups is 2. The van der Waals surface area contributed by atoms with Gasteiger partial charge in [-0.25, -0.2) is 9.59 Å². The normalized spacial score (nSPS) is 15.6. The third-order valence-electron chi connectivity index (χ3n) is 7.49. The summed E-state index contributed by atoms with van der Waals surface area (Å²) < 4.78 is 5.56. The van der Waals surface area contributed by atoms with Gasteiger partial charge < -0.3 is 20.1 Å². The fourth-order valence-electron chi connectivity index (χ4n) is 5.57. The number of amides is 1. The summed E-state index contributed by atoms with van der Waals surface area (Å²) in [6, 6.07) is 18.9. The van der Waals surface area contributed by atoms with Crippen molar-refractivity contribution in [1.29, 1.82) is 0 Å². The number of carboxylic acid groups (broad SMARTS) is 1. The Bertz CT molecular complexity index is 1270. The molecule has 1 unspecified atom stereocenters. The zero-order valence-electron chi connectivity index (χ0n) is 20.9. The SMILES string of the molecule is Cc1c(N2CCCCC2)ccc(CC(NC(=O)OCC2c3ccccc3-c3ccccc32)C(=O)O)c1Cl. The van der Waals surface area contributed by atoms with Gasteiger partial charge in [0.05, 0.1) is 0 Å². The lowest BCUT2D eigenvalue weighted by molar-refractivity contribution is -0.139. The van der Waals surface area contributed by atoms with E-state index in [1.54, 1.807) is 0 Å². The molecule has 192 valence electrons.